The quantitative estimate of drug-likeness (QED) is 0.642. The van der Waals surface area contributed by atoms with Gasteiger partial charge in [0.2, 0.25) is 5.91 Å². The number of morpholine rings is 1. The zero-order valence-corrected chi connectivity index (χ0v) is 15.9. The highest BCUT2D eigenvalue weighted by Crippen LogP contribution is 2.22. The summed E-state index contributed by atoms with van der Waals surface area (Å²) in [5.74, 6) is 0.917. The SMILES string of the molecule is COc1ccc(N=Cc2cn(CC(=O)N3CCOCC3)c3ccccc23)cc1. The largest absolute Gasteiger partial charge is 0.497 e. The van der Waals surface area contributed by atoms with Crippen molar-refractivity contribution in [3.63, 3.8) is 0 Å². The minimum Gasteiger partial charge on any atom is -0.497 e. The van der Waals surface area contributed by atoms with Gasteiger partial charge in [0.15, 0.2) is 0 Å². The van der Waals surface area contributed by atoms with Crippen LogP contribution in [0.4, 0.5) is 5.69 Å². The molecule has 2 heterocycles. The number of fused-ring (bicyclic) bond motifs is 1. The predicted molar refractivity (Wildman–Crippen MR) is 110 cm³/mol. The van der Waals surface area contributed by atoms with E-state index in [1.807, 2.05) is 64.3 Å². The van der Waals surface area contributed by atoms with E-state index in [1.165, 1.54) is 0 Å². The average Bonchev–Trinajstić information content (AvgIpc) is 3.11. The third-order valence-electron chi connectivity index (χ3n) is 4.91. The molecule has 0 unspecified atom stereocenters. The highest BCUT2D eigenvalue weighted by atomic mass is 16.5. The normalized spacial score (nSPS) is 14.7. The Balaban J connectivity index is 1.58. The summed E-state index contributed by atoms with van der Waals surface area (Å²) >= 11 is 0. The summed E-state index contributed by atoms with van der Waals surface area (Å²) in [5, 5.41) is 1.08. The van der Waals surface area contributed by atoms with Crippen LogP contribution in [0.1, 0.15) is 5.56 Å². The van der Waals surface area contributed by atoms with Crippen LogP contribution in [0.5, 0.6) is 5.75 Å². The number of benzene rings is 2. The third kappa shape index (κ3) is 3.92. The van der Waals surface area contributed by atoms with E-state index in [0.717, 1.165) is 27.9 Å². The van der Waals surface area contributed by atoms with Gasteiger partial charge in [-0.15, -0.1) is 0 Å². The molecule has 0 aliphatic carbocycles. The molecule has 2 aromatic carbocycles. The van der Waals surface area contributed by atoms with Crippen LogP contribution in [0.3, 0.4) is 0 Å². The molecular weight excluding hydrogens is 354 g/mol. The molecule has 3 aromatic rings. The van der Waals surface area contributed by atoms with Gasteiger partial charge in [-0.1, -0.05) is 18.2 Å². The predicted octanol–water partition coefficient (Wildman–Crippen LogP) is 3.26. The second-order valence-corrected chi connectivity index (χ2v) is 6.68. The summed E-state index contributed by atoms with van der Waals surface area (Å²) in [6, 6.07) is 15.7. The Kier molecular flexibility index (Phi) is 5.39. The number of carbonyl (C=O) groups is 1. The molecule has 4 rings (SSSR count). The van der Waals surface area contributed by atoms with E-state index in [0.29, 0.717) is 32.8 Å². The molecule has 1 fully saturated rings. The molecule has 0 atom stereocenters. The topological polar surface area (TPSA) is 56.1 Å². The fraction of sp³-hybridized carbons (Fsp3) is 0.273. The van der Waals surface area contributed by atoms with Crippen molar-refractivity contribution in [3.05, 3.63) is 60.3 Å². The second kappa shape index (κ2) is 8.27. The van der Waals surface area contributed by atoms with Crippen molar-refractivity contribution >= 4 is 28.7 Å². The Morgan fingerprint density at radius 1 is 1.14 bits per heavy atom. The van der Waals surface area contributed by atoms with E-state index in [9.17, 15) is 4.79 Å². The van der Waals surface area contributed by atoms with Crippen LogP contribution in [-0.4, -0.2) is 55.0 Å². The Morgan fingerprint density at radius 2 is 1.89 bits per heavy atom. The average molecular weight is 377 g/mol. The first-order valence-electron chi connectivity index (χ1n) is 9.36. The molecule has 0 saturated carbocycles. The van der Waals surface area contributed by atoms with E-state index in [2.05, 4.69) is 11.1 Å². The summed E-state index contributed by atoms with van der Waals surface area (Å²) in [6.07, 6.45) is 3.84. The molecule has 144 valence electrons. The summed E-state index contributed by atoms with van der Waals surface area (Å²) in [6.45, 7) is 2.85. The number of aromatic nitrogens is 1. The van der Waals surface area contributed by atoms with Gasteiger partial charge in [-0.05, 0) is 30.3 Å². The molecule has 1 aromatic heterocycles. The summed E-state index contributed by atoms with van der Waals surface area (Å²) in [4.78, 5) is 19.1. The molecule has 1 saturated heterocycles. The van der Waals surface area contributed by atoms with Crippen molar-refractivity contribution in [1.29, 1.82) is 0 Å². The van der Waals surface area contributed by atoms with Crippen molar-refractivity contribution in [1.82, 2.24) is 9.47 Å². The molecule has 6 nitrogen and oxygen atoms in total. The summed E-state index contributed by atoms with van der Waals surface area (Å²) in [7, 11) is 1.64. The van der Waals surface area contributed by atoms with Gasteiger partial charge in [0.1, 0.15) is 12.3 Å². The molecule has 0 N–H and O–H groups in total. The first-order chi connectivity index (χ1) is 13.7. The van der Waals surface area contributed by atoms with Crippen molar-refractivity contribution in [2.24, 2.45) is 4.99 Å². The molecule has 1 aliphatic rings. The van der Waals surface area contributed by atoms with E-state index in [4.69, 9.17) is 9.47 Å². The number of hydrogen-bond donors (Lipinski definition) is 0. The highest BCUT2D eigenvalue weighted by molar-refractivity contribution is 6.00. The fourth-order valence-electron chi connectivity index (χ4n) is 3.38. The van der Waals surface area contributed by atoms with Crippen LogP contribution < -0.4 is 4.74 Å². The van der Waals surface area contributed by atoms with Gasteiger partial charge in [-0.3, -0.25) is 9.79 Å². The lowest BCUT2D eigenvalue weighted by Crippen LogP contribution is -2.42. The van der Waals surface area contributed by atoms with Crippen LogP contribution in [0, 0.1) is 0 Å². The number of methoxy groups -OCH3 is 1. The van der Waals surface area contributed by atoms with Crippen molar-refractivity contribution in [3.8, 4) is 5.75 Å². The number of rotatable bonds is 5. The van der Waals surface area contributed by atoms with E-state index < -0.39 is 0 Å². The zero-order chi connectivity index (χ0) is 19.3. The zero-order valence-electron chi connectivity index (χ0n) is 15.9. The van der Waals surface area contributed by atoms with Crippen LogP contribution in [0.2, 0.25) is 0 Å². The minimum atomic E-state index is 0.114. The van der Waals surface area contributed by atoms with Crippen LogP contribution in [-0.2, 0) is 16.1 Å². The van der Waals surface area contributed by atoms with Gasteiger partial charge >= 0.3 is 0 Å². The van der Waals surface area contributed by atoms with Gasteiger partial charge < -0.3 is 18.9 Å². The maximum atomic E-state index is 12.7. The maximum Gasteiger partial charge on any atom is 0.242 e. The van der Waals surface area contributed by atoms with Crippen molar-refractivity contribution < 1.29 is 14.3 Å². The lowest BCUT2D eigenvalue weighted by Gasteiger charge is -2.27. The number of ether oxygens (including phenoxy) is 2. The van der Waals surface area contributed by atoms with Crippen LogP contribution in [0.15, 0.2) is 59.7 Å². The highest BCUT2D eigenvalue weighted by Gasteiger charge is 2.18. The Hall–Kier alpha value is -3.12. The van der Waals surface area contributed by atoms with Crippen molar-refractivity contribution in [2.45, 2.75) is 6.54 Å². The Labute approximate surface area is 164 Å². The second-order valence-electron chi connectivity index (χ2n) is 6.68. The summed E-state index contributed by atoms with van der Waals surface area (Å²) < 4.78 is 12.5. The minimum absolute atomic E-state index is 0.114. The van der Waals surface area contributed by atoms with E-state index in [-0.39, 0.29) is 5.91 Å². The standard InChI is InChI=1S/C22H23N3O3/c1-27-19-8-6-18(7-9-19)23-14-17-15-25(21-5-3-2-4-20(17)21)16-22(26)24-10-12-28-13-11-24/h2-9,14-15H,10-13,16H2,1H3. The Morgan fingerprint density at radius 3 is 2.64 bits per heavy atom. The number of amides is 1. The first kappa shape index (κ1) is 18.3. The van der Waals surface area contributed by atoms with Gasteiger partial charge in [-0.2, -0.15) is 0 Å². The number of carbonyl (C=O) groups excluding carboxylic acids is 1. The van der Waals surface area contributed by atoms with Gasteiger partial charge in [0.05, 0.1) is 26.0 Å². The molecule has 0 radical (unpaired) electrons. The van der Waals surface area contributed by atoms with Gasteiger partial charge in [0, 0.05) is 42.0 Å². The lowest BCUT2D eigenvalue weighted by atomic mass is 10.2. The van der Waals surface area contributed by atoms with E-state index >= 15 is 0 Å². The fourth-order valence-corrected chi connectivity index (χ4v) is 3.38. The molecule has 0 spiro atoms. The molecule has 6 heteroatoms. The number of hydrogen-bond acceptors (Lipinski definition) is 4. The molecular formula is C22H23N3O3. The van der Waals surface area contributed by atoms with Crippen LogP contribution >= 0.6 is 0 Å². The number of para-hydroxylation sites is 1. The monoisotopic (exact) mass is 377 g/mol. The molecule has 28 heavy (non-hydrogen) atoms. The Bertz CT molecular complexity index is 986. The smallest absolute Gasteiger partial charge is 0.242 e. The van der Waals surface area contributed by atoms with Crippen molar-refractivity contribution in [2.75, 3.05) is 33.4 Å². The number of nitrogens with zero attached hydrogens (tertiary/aromatic N) is 3. The first-order valence-corrected chi connectivity index (χ1v) is 9.36. The maximum absolute atomic E-state index is 12.7. The molecule has 1 aliphatic heterocycles. The summed E-state index contributed by atoms with van der Waals surface area (Å²) in [5.41, 5.74) is 2.86. The van der Waals surface area contributed by atoms with Gasteiger partial charge in [-0.25, -0.2) is 0 Å². The van der Waals surface area contributed by atoms with E-state index in [1.54, 1.807) is 7.11 Å². The van der Waals surface area contributed by atoms with Crippen LogP contribution in [0.25, 0.3) is 10.9 Å². The third-order valence-corrected chi connectivity index (χ3v) is 4.91. The molecule has 0 bridgehead atoms. The lowest BCUT2D eigenvalue weighted by molar-refractivity contribution is -0.135. The van der Waals surface area contributed by atoms with Gasteiger partial charge in [0.25, 0.3) is 0 Å². The molecule has 1 amide bonds. The number of aliphatic imine (C=N–C) groups is 1.